The Bertz CT molecular complexity index is 696. The predicted octanol–water partition coefficient (Wildman–Crippen LogP) is 2.58. The number of hydrogen-bond donors (Lipinski definition) is 1. The van der Waals surface area contributed by atoms with Gasteiger partial charge in [-0.1, -0.05) is 12.1 Å². The minimum absolute atomic E-state index is 0.150. The molecule has 1 aromatic heterocycles. The Balaban J connectivity index is 1.71. The summed E-state index contributed by atoms with van der Waals surface area (Å²) in [6.07, 6.45) is 1.88. The maximum atomic E-state index is 13.0. The molecule has 23 heavy (non-hydrogen) atoms. The van der Waals surface area contributed by atoms with Gasteiger partial charge in [0, 0.05) is 12.6 Å². The molecule has 1 saturated heterocycles. The molecule has 1 aromatic carbocycles. The molecule has 0 aliphatic carbocycles. The molecule has 0 saturated carbocycles. The first kappa shape index (κ1) is 15.4. The van der Waals surface area contributed by atoms with E-state index in [9.17, 15) is 9.50 Å². The summed E-state index contributed by atoms with van der Waals surface area (Å²) in [7, 11) is 0. The molecule has 1 N–H and O–H groups in total. The summed E-state index contributed by atoms with van der Waals surface area (Å²) in [5, 5.41) is 27.1. The van der Waals surface area contributed by atoms with Crippen LogP contribution < -0.4 is 4.90 Å². The Labute approximate surface area is 134 Å². The van der Waals surface area contributed by atoms with Crippen LogP contribution in [0.15, 0.2) is 36.4 Å². The number of aliphatic hydroxyl groups excluding tert-OH is 1. The number of rotatable bonds is 4. The molecule has 1 aliphatic rings. The van der Waals surface area contributed by atoms with E-state index in [2.05, 4.69) is 15.1 Å². The highest BCUT2D eigenvalue weighted by Gasteiger charge is 2.28. The van der Waals surface area contributed by atoms with Crippen LogP contribution in [-0.2, 0) is 0 Å². The standard InChI is InChI=1S/C17H17FN4O/c18-13-5-3-12(4-6-13)16(23)10-15-2-1-9-22(15)17-8-7-14(11-19)20-21-17/h3-8,15-16,23H,1-2,9-10H2. The van der Waals surface area contributed by atoms with E-state index in [1.54, 1.807) is 24.3 Å². The number of nitrogens with zero attached hydrogens (tertiary/aromatic N) is 4. The summed E-state index contributed by atoms with van der Waals surface area (Å²) in [4.78, 5) is 2.11. The first-order valence-corrected chi connectivity index (χ1v) is 7.61. The molecule has 1 fully saturated rings. The van der Waals surface area contributed by atoms with Crippen LogP contribution in [0.4, 0.5) is 10.2 Å². The first-order chi connectivity index (χ1) is 11.2. The van der Waals surface area contributed by atoms with E-state index in [1.165, 1.54) is 12.1 Å². The van der Waals surface area contributed by atoms with Crippen LogP contribution in [0.5, 0.6) is 0 Å². The molecule has 2 atom stereocenters. The topological polar surface area (TPSA) is 73.0 Å². The molecule has 2 aromatic rings. The zero-order chi connectivity index (χ0) is 16.2. The molecule has 5 nitrogen and oxygen atoms in total. The minimum Gasteiger partial charge on any atom is -0.388 e. The van der Waals surface area contributed by atoms with Crippen molar-refractivity contribution in [3.63, 3.8) is 0 Å². The van der Waals surface area contributed by atoms with Gasteiger partial charge in [-0.2, -0.15) is 5.26 Å². The third-order valence-electron chi connectivity index (χ3n) is 4.19. The maximum Gasteiger partial charge on any atom is 0.163 e. The van der Waals surface area contributed by atoms with Crippen LogP contribution in [0, 0.1) is 17.1 Å². The number of hydrogen-bond acceptors (Lipinski definition) is 5. The van der Waals surface area contributed by atoms with Crippen molar-refractivity contribution in [1.29, 1.82) is 5.26 Å². The minimum atomic E-state index is -0.646. The van der Waals surface area contributed by atoms with E-state index in [-0.39, 0.29) is 17.6 Å². The van der Waals surface area contributed by atoms with Gasteiger partial charge >= 0.3 is 0 Å². The Kier molecular flexibility index (Phi) is 4.49. The van der Waals surface area contributed by atoms with E-state index in [4.69, 9.17) is 5.26 Å². The van der Waals surface area contributed by atoms with Crippen LogP contribution in [-0.4, -0.2) is 27.9 Å². The van der Waals surface area contributed by atoms with Crippen molar-refractivity contribution in [1.82, 2.24) is 10.2 Å². The lowest BCUT2D eigenvalue weighted by atomic mass is 10.0. The molecule has 3 rings (SSSR count). The lowest BCUT2D eigenvalue weighted by Crippen LogP contribution is -2.31. The fourth-order valence-corrected chi connectivity index (χ4v) is 3.00. The summed E-state index contributed by atoms with van der Waals surface area (Å²) in [5.74, 6) is 0.411. The molecular weight excluding hydrogens is 295 g/mol. The van der Waals surface area contributed by atoms with Crippen molar-refractivity contribution in [3.05, 3.63) is 53.5 Å². The zero-order valence-corrected chi connectivity index (χ0v) is 12.6. The molecule has 118 valence electrons. The van der Waals surface area contributed by atoms with Crippen LogP contribution in [0.25, 0.3) is 0 Å². The predicted molar refractivity (Wildman–Crippen MR) is 83.1 cm³/mol. The molecule has 2 unspecified atom stereocenters. The normalized spacial score (nSPS) is 18.7. The second-order valence-electron chi connectivity index (χ2n) is 5.68. The zero-order valence-electron chi connectivity index (χ0n) is 12.6. The summed E-state index contributed by atoms with van der Waals surface area (Å²) in [6.45, 7) is 0.849. The lowest BCUT2D eigenvalue weighted by molar-refractivity contribution is 0.158. The number of aliphatic hydroxyl groups is 1. The van der Waals surface area contributed by atoms with Crippen molar-refractivity contribution in [2.24, 2.45) is 0 Å². The Morgan fingerprint density at radius 3 is 2.70 bits per heavy atom. The molecule has 0 bridgehead atoms. The van der Waals surface area contributed by atoms with E-state index in [0.717, 1.165) is 25.2 Å². The maximum absolute atomic E-state index is 13.0. The van der Waals surface area contributed by atoms with Gasteiger partial charge in [0.1, 0.15) is 11.9 Å². The number of benzene rings is 1. The molecule has 6 heteroatoms. The highest BCUT2D eigenvalue weighted by Crippen LogP contribution is 2.30. The second kappa shape index (κ2) is 6.71. The van der Waals surface area contributed by atoms with Crippen molar-refractivity contribution in [3.8, 4) is 6.07 Å². The molecule has 2 heterocycles. The molecule has 0 radical (unpaired) electrons. The van der Waals surface area contributed by atoms with Gasteiger partial charge in [-0.3, -0.25) is 0 Å². The number of halogens is 1. The molecular formula is C17H17FN4O. The van der Waals surface area contributed by atoms with Gasteiger partial charge in [0.25, 0.3) is 0 Å². The Morgan fingerprint density at radius 2 is 2.04 bits per heavy atom. The van der Waals surface area contributed by atoms with Crippen molar-refractivity contribution < 1.29 is 9.50 Å². The average molecular weight is 312 g/mol. The third kappa shape index (κ3) is 3.46. The molecule has 0 amide bonds. The number of anilines is 1. The molecule has 1 aliphatic heterocycles. The van der Waals surface area contributed by atoms with Crippen molar-refractivity contribution >= 4 is 5.82 Å². The van der Waals surface area contributed by atoms with Crippen LogP contribution in [0.2, 0.25) is 0 Å². The smallest absolute Gasteiger partial charge is 0.163 e. The summed E-state index contributed by atoms with van der Waals surface area (Å²) in [6, 6.07) is 11.5. The van der Waals surface area contributed by atoms with Crippen LogP contribution in [0.1, 0.15) is 36.6 Å². The summed E-state index contributed by atoms with van der Waals surface area (Å²) >= 11 is 0. The SMILES string of the molecule is N#Cc1ccc(N2CCCC2CC(O)c2ccc(F)cc2)nn1. The second-order valence-corrected chi connectivity index (χ2v) is 5.68. The number of nitriles is 1. The Hall–Kier alpha value is -2.52. The summed E-state index contributed by atoms with van der Waals surface area (Å²) < 4.78 is 13.0. The van der Waals surface area contributed by atoms with E-state index >= 15 is 0 Å². The monoisotopic (exact) mass is 312 g/mol. The van der Waals surface area contributed by atoms with Crippen LogP contribution in [0.3, 0.4) is 0 Å². The Morgan fingerprint density at radius 1 is 1.26 bits per heavy atom. The van der Waals surface area contributed by atoms with E-state index in [1.807, 2.05) is 6.07 Å². The van der Waals surface area contributed by atoms with E-state index < -0.39 is 6.10 Å². The highest BCUT2D eigenvalue weighted by molar-refractivity contribution is 5.41. The van der Waals surface area contributed by atoms with Gasteiger partial charge in [-0.05, 0) is 49.1 Å². The molecule has 0 spiro atoms. The van der Waals surface area contributed by atoms with Gasteiger partial charge in [0.2, 0.25) is 0 Å². The quantitative estimate of drug-likeness (QED) is 0.939. The lowest BCUT2D eigenvalue weighted by Gasteiger charge is -2.27. The highest BCUT2D eigenvalue weighted by atomic mass is 19.1. The third-order valence-corrected chi connectivity index (χ3v) is 4.19. The fraction of sp³-hybridized carbons (Fsp3) is 0.353. The first-order valence-electron chi connectivity index (χ1n) is 7.61. The average Bonchev–Trinajstić information content (AvgIpc) is 3.03. The van der Waals surface area contributed by atoms with Gasteiger partial charge in [-0.25, -0.2) is 4.39 Å². The van der Waals surface area contributed by atoms with Gasteiger partial charge in [-0.15, -0.1) is 10.2 Å². The fourth-order valence-electron chi connectivity index (χ4n) is 3.00. The summed E-state index contributed by atoms with van der Waals surface area (Å²) in [5.41, 5.74) is 1.00. The van der Waals surface area contributed by atoms with Gasteiger partial charge in [0.05, 0.1) is 6.10 Å². The number of aromatic nitrogens is 2. The van der Waals surface area contributed by atoms with Crippen molar-refractivity contribution in [2.45, 2.75) is 31.4 Å². The largest absolute Gasteiger partial charge is 0.388 e. The van der Waals surface area contributed by atoms with Gasteiger partial charge in [0.15, 0.2) is 11.5 Å². The van der Waals surface area contributed by atoms with Crippen LogP contribution >= 0.6 is 0 Å². The van der Waals surface area contributed by atoms with Gasteiger partial charge < -0.3 is 10.0 Å². The van der Waals surface area contributed by atoms with E-state index in [0.29, 0.717) is 12.0 Å². The van der Waals surface area contributed by atoms with Crippen molar-refractivity contribution in [2.75, 3.05) is 11.4 Å².